The van der Waals surface area contributed by atoms with E-state index in [0.29, 0.717) is 30.4 Å². The second-order valence-electron chi connectivity index (χ2n) is 6.78. The normalized spacial score (nSPS) is 11.3. The number of benzene rings is 2. The van der Waals surface area contributed by atoms with E-state index in [0.717, 1.165) is 29.7 Å². The Morgan fingerprint density at radius 2 is 2.00 bits per heavy atom. The number of guanidine groups is 1. The first-order chi connectivity index (χ1) is 15.1. The number of H-pyrrole nitrogens is 1. The second kappa shape index (κ2) is 13.0. The topological polar surface area (TPSA) is 83.6 Å². The lowest BCUT2D eigenvalue weighted by Gasteiger charge is -2.13. The van der Waals surface area contributed by atoms with Gasteiger partial charge in [0.2, 0.25) is 0 Å². The highest BCUT2D eigenvalue weighted by atomic mass is 127. The summed E-state index contributed by atoms with van der Waals surface area (Å²) in [7, 11) is 1.52. The summed E-state index contributed by atoms with van der Waals surface area (Å²) in [6, 6.07) is 12.6. The van der Waals surface area contributed by atoms with Crippen molar-refractivity contribution in [2.24, 2.45) is 4.99 Å². The van der Waals surface area contributed by atoms with E-state index in [1.165, 1.54) is 13.2 Å². The molecule has 7 nitrogen and oxygen atoms in total. The first-order valence-electron chi connectivity index (χ1n) is 10.2. The number of methoxy groups -OCH3 is 1. The van der Waals surface area contributed by atoms with Crippen LogP contribution < -0.4 is 20.1 Å². The van der Waals surface area contributed by atoms with Crippen LogP contribution in [-0.2, 0) is 13.0 Å². The van der Waals surface area contributed by atoms with Crippen molar-refractivity contribution in [1.82, 2.24) is 20.6 Å². The lowest BCUT2D eigenvalue weighted by molar-refractivity contribution is -0.0504. The van der Waals surface area contributed by atoms with Crippen LogP contribution in [0.15, 0.2) is 47.5 Å². The van der Waals surface area contributed by atoms with E-state index >= 15 is 0 Å². The molecule has 0 aliphatic rings. The third-order valence-electron chi connectivity index (χ3n) is 4.56. The summed E-state index contributed by atoms with van der Waals surface area (Å²) in [5.74, 6) is 2.17. The summed E-state index contributed by atoms with van der Waals surface area (Å²) in [5, 5.41) is 6.42. The van der Waals surface area contributed by atoms with Gasteiger partial charge < -0.3 is 25.1 Å². The molecule has 0 atom stereocenters. The molecule has 32 heavy (non-hydrogen) atoms. The number of aliphatic imine (C=N–C) groups is 1. The fourth-order valence-corrected chi connectivity index (χ4v) is 3.11. The minimum Gasteiger partial charge on any atom is -0.497 e. The van der Waals surface area contributed by atoms with Gasteiger partial charge in [0, 0.05) is 25.1 Å². The molecule has 0 unspecified atom stereocenters. The van der Waals surface area contributed by atoms with Gasteiger partial charge in [0.05, 0.1) is 24.7 Å². The first kappa shape index (κ1) is 25.6. The number of halogens is 3. The monoisotopic (exact) mass is 559 g/mol. The highest BCUT2D eigenvalue weighted by Gasteiger charge is 2.11. The molecular weight excluding hydrogens is 531 g/mol. The van der Waals surface area contributed by atoms with Crippen LogP contribution in [0.1, 0.15) is 24.7 Å². The van der Waals surface area contributed by atoms with Crippen LogP contribution >= 0.6 is 24.0 Å². The molecule has 3 aromatic rings. The Labute approximate surface area is 203 Å². The molecule has 3 rings (SSSR count). The van der Waals surface area contributed by atoms with Crippen molar-refractivity contribution in [3.8, 4) is 11.5 Å². The van der Waals surface area contributed by atoms with E-state index in [9.17, 15) is 8.78 Å². The molecule has 2 aromatic carbocycles. The molecule has 0 bridgehead atoms. The number of hydrogen-bond donors (Lipinski definition) is 3. The fraction of sp³-hybridized carbons (Fsp3) is 0.364. The number of fused-ring (bicyclic) bond motifs is 1. The zero-order valence-corrected chi connectivity index (χ0v) is 20.4. The van der Waals surface area contributed by atoms with Gasteiger partial charge >= 0.3 is 6.61 Å². The van der Waals surface area contributed by atoms with Gasteiger partial charge in [-0.15, -0.1) is 24.0 Å². The maximum absolute atomic E-state index is 12.7. The van der Waals surface area contributed by atoms with Gasteiger partial charge in [0.1, 0.15) is 17.3 Å². The maximum atomic E-state index is 12.7. The molecule has 174 valence electrons. The predicted octanol–water partition coefficient (Wildman–Crippen LogP) is 4.48. The lowest BCUT2D eigenvalue weighted by Crippen LogP contribution is -2.37. The molecule has 3 N–H and O–H groups in total. The van der Waals surface area contributed by atoms with E-state index in [-0.39, 0.29) is 36.3 Å². The minimum atomic E-state index is -2.90. The second-order valence-corrected chi connectivity index (χ2v) is 6.78. The zero-order chi connectivity index (χ0) is 22.1. The number of imidazole rings is 1. The minimum absolute atomic E-state index is 0. The van der Waals surface area contributed by atoms with Gasteiger partial charge in [0.25, 0.3) is 0 Å². The Morgan fingerprint density at radius 3 is 2.72 bits per heavy atom. The molecule has 0 fully saturated rings. The van der Waals surface area contributed by atoms with Crippen molar-refractivity contribution in [2.75, 3.05) is 20.2 Å². The number of para-hydroxylation sites is 2. The van der Waals surface area contributed by atoms with Crippen molar-refractivity contribution in [3.05, 3.63) is 53.9 Å². The molecule has 0 amide bonds. The van der Waals surface area contributed by atoms with E-state index in [1.54, 1.807) is 12.1 Å². The van der Waals surface area contributed by atoms with Gasteiger partial charge in [-0.2, -0.15) is 8.78 Å². The number of nitrogens with zero attached hydrogens (tertiary/aromatic N) is 2. The van der Waals surface area contributed by atoms with Crippen molar-refractivity contribution >= 4 is 41.0 Å². The SMILES string of the molecule is CCNC(=NCc1cc(OC)ccc1OC(F)F)NCCCc1nc2ccccc2[nH]1.I. The van der Waals surface area contributed by atoms with Gasteiger partial charge in [0.15, 0.2) is 5.96 Å². The van der Waals surface area contributed by atoms with Crippen LogP contribution in [0, 0.1) is 0 Å². The van der Waals surface area contributed by atoms with Crippen LogP contribution in [0.4, 0.5) is 8.78 Å². The predicted molar refractivity (Wildman–Crippen MR) is 132 cm³/mol. The van der Waals surface area contributed by atoms with Crippen LogP contribution in [0.5, 0.6) is 11.5 Å². The van der Waals surface area contributed by atoms with Gasteiger partial charge in [-0.1, -0.05) is 12.1 Å². The Morgan fingerprint density at radius 1 is 1.19 bits per heavy atom. The summed E-state index contributed by atoms with van der Waals surface area (Å²) in [6.45, 7) is 0.580. The highest BCUT2D eigenvalue weighted by Crippen LogP contribution is 2.26. The molecule has 0 aliphatic heterocycles. The molecule has 10 heteroatoms. The van der Waals surface area contributed by atoms with Crippen molar-refractivity contribution in [3.63, 3.8) is 0 Å². The molecule has 0 saturated heterocycles. The lowest BCUT2D eigenvalue weighted by atomic mass is 10.2. The quantitative estimate of drug-likeness (QED) is 0.148. The molecule has 0 saturated carbocycles. The number of aryl methyl sites for hydroxylation is 1. The number of aromatic nitrogens is 2. The highest BCUT2D eigenvalue weighted by molar-refractivity contribution is 14.0. The van der Waals surface area contributed by atoms with E-state index in [1.807, 2.05) is 31.2 Å². The van der Waals surface area contributed by atoms with Crippen LogP contribution in [0.3, 0.4) is 0 Å². The molecule has 0 aliphatic carbocycles. The summed E-state index contributed by atoms with van der Waals surface area (Å²) in [5.41, 5.74) is 2.50. The third-order valence-corrected chi connectivity index (χ3v) is 4.56. The number of hydrogen-bond acceptors (Lipinski definition) is 4. The summed E-state index contributed by atoms with van der Waals surface area (Å²) >= 11 is 0. The zero-order valence-electron chi connectivity index (χ0n) is 18.0. The number of alkyl halides is 2. The third kappa shape index (κ3) is 7.50. The number of ether oxygens (including phenoxy) is 2. The van der Waals surface area contributed by atoms with Crippen LogP contribution in [0.2, 0.25) is 0 Å². The van der Waals surface area contributed by atoms with Crippen LogP contribution in [0.25, 0.3) is 11.0 Å². The molecule has 1 heterocycles. The van der Waals surface area contributed by atoms with Crippen molar-refractivity contribution in [1.29, 1.82) is 0 Å². The Hall–Kier alpha value is -2.63. The summed E-state index contributed by atoms with van der Waals surface area (Å²) < 4.78 is 35.2. The summed E-state index contributed by atoms with van der Waals surface area (Å²) in [6.07, 6.45) is 1.65. The maximum Gasteiger partial charge on any atom is 0.387 e. The first-order valence-corrected chi connectivity index (χ1v) is 10.2. The van der Waals surface area contributed by atoms with Crippen LogP contribution in [-0.4, -0.2) is 42.7 Å². The van der Waals surface area contributed by atoms with Gasteiger partial charge in [-0.25, -0.2) is 9.98 Å². The Bertz CT molecular complexity index is 980. The number of rotatable bonds is 10. The number of nitrogens with one attached hydrogen (secondary N) is 3. The molecular formula is C22H28F2IN5O2. The van der Waals surface area contributed by atoms with Crippen molar-refractivity contribution in [2.45, 2.75) is 32.9 Å². The smallest absolute Gasteiger partial charge is 0.387 e. The van der Waals surface area contributed by atoms with Gasteiger partial charge in [-0.05, 0) is 43.7 Å². The average Bonchev–Trinajstić information content (AvgIpc) is 3.18. The van der Waals surface area contributed by atoms with E-state index < -0.39 is 6.61 Å². The van der Waals surface area contributed by atoms with Crippen molar-refractivity contribution < 1.29 is 18.3 Å². The molecule has 0 radical (unpaired) electrons. The Kier molecular flexibility index (Phi) is 10.4. The van der Waals surface area contributed by atoms with Gasteiger partial charge in [-0.3, -0.25) is 0 Å². The fourth-order valence-electron chi connectivity index (χ4n) is 3.11. The standard InChI is InChI=1S/C22H27F2N5O2.HI/c1-3-25-22(26-12-6-9-20-28-17-7-4-5-8-18(17)29-20)27-14-15-13-16(30-2)10-11-19(15)31-21(23)24;/h4-5,7-8,10-11,13,21H,3,6,9,12,14H2,1-2H3,(H,28,29)(H2,25,26,27);1H. The largest absolute Gasteiger partial charge is 0.497 e. The molecule has 0 spiro atoms. The number of aromatic amines is 1. The average molecular weight is 559 g/mol. The van der Waals surface area contributed by atoms with E-state index in [4.69, 9.17) is 4.74 Å². The Balaban J connectivity index is 0.00000363. The summed E-state index contributed by atoms with van der Waals surface area (Å²) in [4.78, 5) is 12.4. The van der Waals surface area contributed by atoms with E-state index in [2.05, 4.69) is 30.3 Å². The molecule has 1 aromatic heterocycles.